The molecule has 0 spiro atoms. The minimum absolute atomic E-state index is 0. The first-order valence-corrected chi connectivity index (χ1v) is 26.7. The summed E-state index contributed by atoms with van der Waals surface area (Å²) in [5.41, 5.74) is 17.8. The number of aromatic nitrogens is 3. The van der Waals surface area contributed by atoms with Crippen molar-refractivity contribution in [1.82, 2.24) is 15.0 Å². The molecule has 0 saturated heterocycles. The molecule has 9 aromatic rings. The predicted octanol–water partition coefficient (Wildman–Crippen LogP) is 17.7. The fourth-order valence-corrected chi connectivity index (χ4v) is 9.73. The van der Waals surface area contributed by atoms with Gasteiger partial charge >= 0.3 is 0 Å². The maximum absolute atomic E-state index is 4.65. The van der Waals surface area contributed by atoms with Crippen LogP contribution in [-0.4, -0.2) is 15.0 Å². The summed E-state index contributed by atoms with van der Waals surface area (Å²) >= 11 is 0. The molecular weight excluding hydrogens is 1530 g/mol. The number of hydrogen-bond acceptors (Lipinski definition) is 9. The van der Waals surface area contributed by atoms with Crippen molar-refractivity contribution in [2.75, 3.05) is 29.4 Å². The number of benzene rings is 7. The molecule has 0 bridgehead atoms. The number of hydrogen-bond donors (Lipinski definition) is 0. The summed E-state index contributed by atoms with van der Waals surface area (Å²) in [5, 5.41) is 0. The molecule has 9 nitrogen and oxygen atoms in total. The molecule has 3 radical (unpaired) electrons. The van der Waals surface area contributed by atoms with E-state index in [0.717, 1.165) is 51.6 Å². The maximum Gasteiger partial charge on any atom is 0.145 e. The van der Waals surface area contributed by atoms with E-state index in [-0.39, 0.29) is 76.6 Å². The number of aryl methyl sites for hydroxylation is 3. The molecule has 81 heavy (non-hydrogen) atoms. The fraction of sp³-hybridized carbons (Fsp3) is 0.217. The first-order valence-electron chi connectivity index (χ1n) is 26.7. The Bertz CT molecular complexity index is 3390. The largest absolute Gasteiger partial charge is 0.493 e. The van der Waals surface area contributed by atoms with Gasteiger partial charge in [-0.1, -0.05) is 140 Å². The average molecular weight is 1600 g/mol. The number of anilines is 12. The zero-order valence-electron chi connectivity index (χ0n) is 48.1. The molecule has 0 aliphatic carbocycles. The van der Waals surface area contributed by atoms with E-state index < -0.39 is 0 Å². The summed E-state index contributed by atoms with van der Waals surface area (Å²) in [6.45, 7) is 32.7. The summed E-state index contributed by atoms with van der Waals surface area (Å²) in [4.78, 5) is 26.7. The Hall–Kier alpha value is -6.48. The van der Waals surface area contributed by atoms with E-state index in [2.05, 4.69) is 294 Å². The van der Waals surface area contributed by atoms with Crippen LogP contribution in [0.25, 0.3) is 0 Å². The van der Waals surface area contributed by atoms with Gasteiger partial charge < -0.3 is 29.4 Å². The second kappa shape index (κ2) is 25.8. The fourth-order valence-electron chi connectivity index (χ4n) is 9.73. The Balaban J connectivity index is 0.000000172. The van der Waals surface area contributed by atoms with Crippen molar-refractivity contribution >= 4 is 68.6 Å². The first-order chi connectivity index (χ1) is 37.3. The summed E-state index contributed by atoms with van der Waals surface area (Å²) in [6.07, 6.45) is 5.30. The Kier molecular flexibility index (Phi) is 19.8. The van der Waals surface area contributed by atoms with E-state index in [1.807, 2.05) is 42.0 Å². The topological polar surface area (TPSA) is 58.1 Å². The van der Waals surface area contributed by atoms with E-state index in [0.29, 0.717) is 0 Å². The van der Waals surface area contributed by atoms with Gasteiger partial charge in [-0.05, 0) is 85.3 Å². The molecular formula is C69H69Ir3N9-6. The molecule has 5 heterocycles. The summed E-state index contributed by atoms with van der Waals surface area (Å²) in [5.74, 6) is 2.57. The molecule has 2 aromatic heterocycles. The van der Waals surface area contributed by atoms with Crippen LogP contribution in [0.4, 0.5) is 68.6 Å². The van der Waals surface area contributed by atoms with Crippen LogP contribution >= 0.6 is 0 Å². The number of nitrogens with zero attached hydrogens (tertiary/aromatic N) is 9. The average Bonchev–Trinajstić information content (AvgIpc) is 4.27. The van der Waals surface area contributed by atoms with Crippen molar-refractivity contribution in [3.63, 3.8) is 0 Å². The molecule has 0 amide bonds. The number of rotatable bonds is 6. The molecule has 7 aromatic carbocycles. The van der Waals surface area contributed by atoms with Crippen LogP contribution in [0.2, 0.25) is 0 Å². The van der Waals surface area contributed by atoms with E-state index in [1.54, 1.807) is 12.4 Å². The van der Waals surface area contributed by atoms with Gasteiger partial charge in [-0.3, -0.25) is 0 Å². The Morgan fingerprint density at radius 3 is 1.20 bits per heavy atom. The van der Waals surface area contributed by atoms with Crippen LogP contribution in [0.5, 0.6) is 0 Å². The smallest absolute Gasteiger partial charge is 0.145 e. The second-order valence-corrected chi connectivity index (χ2v) is 23.1. The molecule has 0 unspecified atom stereocenters. The molecule has 0 N–H and O–H groups in total. The van der Waals surface area contributed by atoms with E-state index in [9.17, 15) is 0 Å². The summed E-state index contributed by atoms with van der Waals surface area (Å²) in [7, 11) is 0. The van der Waals surface area contributed by atoms with Crippen LogP contribution in [0.15, 0.2) is 182 Å². The summed E-state index contributed by atoms with van der Waals surface area (Å²) < 4.78 is 0. The van der Waals surface area contributed by atoms with Crippen LogP contribution in [0.3, 0.4) is 0 Å². The molecule has 3 aliphatic rings. The minimum atomic E-state index is 0. The van der Waals surface area contributed by atoms with Crippen molar-refractivity contribution in [3.8, 4) is 0 Å². The van der Waals surface area contributed by atoms with Gasteiger partial charge in [-0.25, -0.2) is 15.0 Å². The monoisotopic (exact) mass is 1600 g/mol. The van der Waals surface area contributed by atoms with E-state index in [1.165, 1.54) is 50.4 Å². The van der Waals surface area contributed by atoms with Crippen molar-refractivity contribution in [2.24, 2.45) is 0 Å². The number of para-hydroxylation sites is 5. The van der Waals surface area contributed by atoms with Crippen LogP contribution in [0, 0.1) is 59.0 Å². The zero-order valence-corrected chi connectivity index (χ0v) is 55.3. The van der Waals surface area contributed by atoms with Crippen LogP contribution in [0.1, 0.15) is 95.7 Å². The quantitative estimate of drug-likeness (QED) is 0.152. The minimum Gasteiger partial charge on any atom is -0.493 e. The molecule has 0 saturated carbocycles. The third-order valence-electron chi connectivity index (χ3n) is 14.3. The van der Waals surface area contributed by atoms with Gasteiger partial charge in [0.1, 0.15) is 17.5 Å². The van der Waals surface area contributed by atoms with E-state index >= 15 is 0 Å². The normalized spacial score (nSPS) is 13.3. The third kappa shape index (κ3) is 13.4. The van der Waals surface area contributed by atoms with Crippen molar-refractivity contribution in [2.45, 2.75) is 99.3 Å². The Morgan fingerprint density at radius 1 is 0.333 bits per heavy atom. The maximum atomic E-state index is 4.65. The zero-order chi connectivity index (χ0) is 54.9. The van der Waals surface area contributed by atoms with Crippen molar-refractivity contribution in [1.29, 1.82) is 0 Å². The predicted molar refractivity (Wildman–Crippen MR) is 324 cm³/mol. The van der Waals surface area contributed by atoms with Gasteiger partial charge in [0.2, 0.25) is 0 Å². The standard InChI is InChI=1S/C24H24N2.C23H23N3.C22H22N4.3Ir/c1-18-9-5-6-10-21(18)26-17-25(22-11-7-8-12-23(22)26)20-15-13-19(14-16-20)24(2,3)4;1-17-9-5-6-12-20(17)26-16-25(22-21(26)13-8-14-24-22)19-11-7-10-18(15-19)23(2,3)4;1-16-7-5-6-8-19(16)26-15-25(20-21(26)24-14-13-23-20)18-11-9-17(10-12-18)22(2,3)4;;;/h5-15,17H,1-4H3;5-10,12-16H,1-4H3;5-11,13-15H,1-4H3;;;/q3*-2;;;. The second-order valence-electron chi connectivity index (χ2n) is 23.1. The van der Waals surface area contributed by atoms with Gasteiger partial charge in [0.05, 0.1) is 5.69 Å². The first kappa shape index (κ1) is 62.1. The van der Waals surface area contributed by atoms with Gasteiger partial charge in [0, 0.05) is 107 Å². The third-order valence-corrected chi connectivity index (χ3v) is 14.3. The molecule has 0 atom stereocenters. The summed E-state index contributed by atoms with van der Waals surface area (Å²) in [6, 6.07) is 67.2. The molecule has 0 fully saturated rings. The molecule has 12 rings (SSSR count). The van der Waals surface area contributed by atoms with Crippen molar-refractivity contribution in [3.05, 3.63) is 254 Å². The van der Waals surface area contributed by atoms with Gasteiger partial charge in [0.15, 0.2) is 0 Å². The van der Waals surface area contributed by atoms with Gasteiger partial charge in [-0.15, -0.1) is 55.3 Å². The Morgan fingerprint density at radius 2 is 0.716 bits per heavy atom. The molecule has 423 valence electrons. The van der Waals surface area contributed by atoms with E-state index in [4.69, 9.17) is 0 Å². The molecule has 3 aliphatic heterocycles. The van der Waals surface area contributed by atoms with Gasteiger partial charge in [0.25, 0.3) is 0 Å². The number of pyridine rings is 1. The Labute approximate surface area is 522 Å². The van der Waals surface area contributed by atoms with Crippen LogP contribution in [-0.2, 0) is 76.6 Å². The van der Waals surface area contributed by atoms with Crippen molar-refractivity contribution < 1.29 is 60.3 Å². The van der Waals surface area contributed by atoms with Crippen LogP contribution < -0.4 is 29.4 Å². The SMILES string of the molecule is Cc1ccccc1N1[CH-]N(c2[c-]cc(C(C)(C)C)cc2)c2ccccc21.Cc1ccccc1N1[CH-]N(c2[c-]cc(C(C)(C)C)cc2)c2nccnc21.Cc1ccccc1N1[CH-]N(c2[c-]ccc(C(C)(C)C)c2)c2ncccc21.[Ir].[Ir].[Ir]. The number of fused-ring (bicyclic) bond motifs is 3. The molecule has 12 heteroatoms. The van der Waals surface area contributed by atoms with Gasteiger partial charge in [-0.2, -0.15) is 71.3 Å².